The fourth-order valence-corrected chi connectivity index (χ4v) is 5.59. The Morgan fingerprint density at radius 1 is 1.00 bits per heavy atom. The number of anilines is 1. The highest BCUT2D eigenvalue weighted by Gasteiger charge is 2.60. The van der Waals surface area contributed by atoms with Gasteiger partial charge in [-0.1, -0.05) is 30.4 Å². The van der Waals surface area contributed by atoms with Crippen molar-refractivity contribution in [2.24, 2.45) is 17.6 Å². The fraction of sp³-hybridized carbons (Fsp3) is 0.222. The van der Waals surface area contributed by atoms with Crippen molar-refractivity contribution < 1.29 is 34.8 Å². The summed E-state index contributed by atoms with van der Waals surface area (Å²) >= 11 is 0. The second-order valence-corrected chi connectivity index (χ2v) is 9.43. The molecule has 9 heteroatoms. The number of aliphatic hydroxyl groups is 3. The van der Waals surface area contributed by atoms with Gasteiger partial charge in [0.05, 0.1) is 5.56 Å². The van der Waals surface area contributed by atoms with E-state index in [9.17, 15) is 34.8 Å². The van der Waals surface area contributed by atoms with Crippen LogP contribution in [0.2, 0.25) is 0 Å². The number of Topliss-reactive ketones (excluding diaryl/α,β-unsaturated/α-hetero) is 2. The Kier molecular flexibility index (Phi) is 5.26. The van der Waals surface area contributed by atoms with Crippen LogP contribution in [-0.4, -0.2) is 43.5 Å². The minimum Gasteiger partial charge on any atom is -0.508 e. The lowest BCUT2D eigenvalue weighted by Crippen LogP contribution is -2.58. The molecule has 0 unspecified atom stereocenters. The maximum atomic E-state index is 13.5. The molecule has 2 aromatic carbocycles. The predicted octanol–water partition coefficient (Wildman–Crippen LogP) is 2.18. The van der Waals surface area contributed by atoms with Gasteiger partial charge in [0.1, 0.15) is 22.8 Å². The first-order chi connectivity index (χ1) is 17.0. The summed E-state index contributed by atoms with van der Waals surface area (Å²) in [6.45, 7) is 0. The molecule has 9 nitrogen and oxygen atoms in total. The molecule has 1 amide bonds. The highest BCUT2D eigenvalue weighted by atomic mass is 16.3. The smallest absolute Gasteiger partial charge is 0.255 e. The number of hydrogen-bond donors (Lipinski definition) is 6. The predicted molar refractivity (Wildman–Crippen MR) is 131 cm³/mol. The summed E-state index contributed by atoms with van der Waals surface area (Å²) in [4.78, 5) is 37.7. The van der Waals surface area contributed by atoms with Crippen molar-refractivity contribution >= 4 is 41.1 Å². The lowest BCUT2D eigenvalue weighted by molar-refractivity contribution is -0.147. The second kappa shape index (κ2) is 8.10. The van der Waals surface area contributed by atoms with E-state index in [-0.39, 0.29) is 36.1 Å². The number of hydrogen-bond acceptors (Lipinski definition) is 8. The number of amides is 1. The zero-order valence-corrected chi connectivity index (χ0v) is 19.1. The normalized spacial score (nSPS) is 25.6. The number of carbonyl (C=O) groups is 3. The van der Waals surface area contributed by atoms with Gasteiger partial charge in [-0.25, -0.2) is 0 Å². The van der Waals surface area contributed by atoms with Crippen LogP contribution in [0.25, 0.3) is 17.9 Å². The first kappa shape index (κ1) is 23.4. The molecule has 184 valence electrons. The minimum atomic E-state index is -2.57. The summed E-state index contributed by atoms with van der Waals surface area (Å²) in [7, 11) is 0. The van der Waals surface area contributed by atoms with Crippen LogP contribution in [0.1, 0.15) is 35.1 Å². The molecule has 3 aliphatic carbocycles. The molecule has 0 radical (unpaired) electrons. The lowest BCUT2D eigenvalue weighted by Gasteiger charge is -2.46. The molecule has 0 spiro atoms. The van der Waals surface area contributed by atoms with Gasteiger partial charge >= 0.3 is 0 Å². The Bertz CT molecular complexity index is 1430. The Balaban J connectivity index is 1.62. The standard InChI is InChI=1S/C27H24N2O7/c28-16-6-2-12(3-7-16)1-4-13-5-8-18(30)21-17(13)10-14-9-15-11-19(31)22(26(29)35)25(34)27(15,36)24(33)20(14)23(21)32/h1-8,14-15,30,32,34,36H,9-11,28H2,(H2,29,35)/b4-1+/t14-,15+,27+/m1/s1. The molecule has 0 aliphatic heterocycles. The number of aromatic hydroxyl groups is 1. The van der Waals surface area contributed by atoms with Crippen LogP contribution >= 0.6 is 0 Å². The summed E-state index contributed by atoms with van der Waals surface area (Å²) in [5.41, 5.74) is 10.3. The third-order valence-corrected chi connectivity index (χ3v) is 7.38. The maximum Gasteiger partial charge on any atom is 0.255 e. The van der Waals surface area contributed by atoms with Crippen LogP contribution in [0.15, 0.2) is 53.3 Å². The van der Waals surface area contributed by atoms with Gasteiger partial charge < -0.3 is 31.9 Å². The number of aliphatic hydroxyl groups excluding tert-OH is 2. The summed E-state index contributed by atoms with van der Waals surface area (Å²) in [6.07, 6.45) is 3.64. The third kappa shape index (κ3) is 3.31. The summed E-state index contributed by atoms with van der Waals surface area (Å²) in [6, 6.07) is 10.3. The van der Waals surface area contributed by atoms with Gasteiger partial charge in [-0.05, 0) is 53.6 Å². The fourth-order valence-electron chi connectivity index (χ4n) is 5.59. The van der Waals surface area contributed by atoms with Gasteiger partial charge in [0, 0.05) is 23.6 Å². The van der Waals surface area contributed by atoms with Crippen LogP contribution in [0.4, 0.5) is 5.69 Å². The van der Waals surface area contributed by atoms with E-state index in [4.69, 9.17) is 11.5 Å². The molecule has 5 rings (SSSR count). The number of fused-ring (bicyclic) bond motifs is 3. The molecule has 3 aliphatic rings. The number of rotatable bonds is 3. The molecular formula is C27H24N2O7. The van der Waals surface area contributed by atoms with Crippen LogP contribution in [0, 0.1) is 11.8 Å². The van der Waals surface area contributed by atoms with Crippen LogP contribution in [0.5, 0.6) is 5.75 Å². The Hall–Kier alpha value is -4.37. The van der Waals surface area contributed by atoms with Crippen molar-refractivity contribution in [1.82, 2.24) is 0 Å². The van der Waals surface area contributed by atoms with Crippen molar-refractivity contribution in [2.45, 2.75) is 24.9 Å². The molecule has 0 saturated heterocycles. The molecule has 8 N–H and O–H groups in total. The Morgan fingerprint density at radius 2 is 1.69 bits per heavy atom. The molecular weight excluding hydrogens is 464 g/mol. The van der Waals surface area contributed by atoms with E-state index in [1.54, 1.807) is 18.2 Å². The van der Waals surface area contributed by atoms with Crippen molar-refractivity contribution in [3.05, 3.63) is 75.6 Å². The average Bonchev–Trinajstić information content (AvgIpc) is 2.81. The SMILES string of the molecule is NC(=O)C1=C(O)[C@@]2(O)C(=O)C3=C(O)c4c(O)ccc(/C=C/c5ccc(N)cc5)c4C[C@H]3C[C@H]2CC1=O. The van der Waals surface area contributed by atoms with Gasteiger partial charge in [-0.2, -0.15) is 0 Å². The molecule has 1 saturated carbocycles. The number of carbonyl (C=O) groups excluding carboxylic acids is 3. The van der Waals surface area contributed by atoms with Gasteiger partial charge in [0.2, 0.25) is 5.78 Å². The van der Waals surface area contributed by atoms with E-state index < -0.39 is 52.0 Å². The number of nitrogen functional groups attached to an aromatic ring is 1. The Morgan fingerprint density at radius 3 is 2.36 bits per heavy atom. The molecule has 3 atom stereocenters. The highest BCUT2D eigenvalue weighted by Crippen LogP contribution is 2.52. The third-order valence-electron chi connectivity index (χ3n) is 7.38. The molecule has 0 heterocycles. The van der Waals surface area contributed by atoms with E-state index >= 15 is 0 Å². The van der Waals surface area contributed by atoms with E-state index in [1.807, 2.05) is 24.3 Å². The molecule has 0 aromatic heterocycles. The quantitative estimate of drug-likeness (QED) is 0.216. The number of primary amides is 1. The molecule has 1 fully saturated rings. The van der Waals surface area contributed by atoms with Gasteiger partial charge in [0.15, 0.2) is 11.4 Å². The molecule has 2 aromatic rings. The van der Waals surface area contributed by atoms with Gasteiger partial charge in [0.25, 0.3) is 5.91 Å². The molecule has 0 bridgehead atoms. The number of benzene rings is 2. The first-order valence-corrected chi connectivity index (χ1v) is 11.4. The van der Waals surface area contributed by atoms with E-state index in [1.165, 1.54) is 6.07 Å². The van der Waals surface area contributed by atoms with Crippen LogP contribution < -0.4 is 11.5 Å². The number of ketones is 2. The van der Waals surface area contributed by atoms with E-state index in [0.29, 0.717) is 16.8 Å². The number of phenols is 1. The van der Waals surface area contributed by atoms with E-state index in [2.05, 4.69) is 0 Å². The van der Waals surface area contributed by atoms with E-state index in [0.717, 1.165) is 5.56 Å². The van der Waals surface area contributed by atoms with Gasteiger partial charge in [-0.3, -0.25) is 14.4 Å². The largest absolute Gasteiger partial charge is 0.508 e. The topological polar surface area (TPSA) is 184 Å². The Labute approximate surface area is 205 Å². The van der Waals surface area contributed by atoms with Crippen molar-refractivity contribution in [2.75, 3.05) is 5.73 Å². The highest BCUT2D eigenvalue weighted by molar-refractivity contribution is 6.22. The second-order valence-electron chi connectivity index (χ2n) is 9.43. The summed E-state index contributed by atoms with van der Waals surface area (Å²) in [5, 5.41) is 43.6. The summed E-state index contributed by atoms with van der Waals surface area (Å²) < 4.78 is 0. The zero-order valence-electron chi connectivity index (χ0n) is 19.1. The van der Waals surface area contributed by atoms with Crippen molar-refractivity contribution in [3.8, 4) is 5.75 Å². The van der Waals surface area contributed by atoms with Crippen molar-refractivity contribution in [3.63, 3.8) is 0 Å². The zero-order chi connectivity index (χ0) is 25.9. The minimum absolute atomic E-state index is 0.0570. The maximum absolute atomic E-state index is 13.5. The summed E-state index contributed by atoms with van der Waals surface area (Å²) in [5.74, 6) is -6.46. The first-order valence-electron chi connectivity index (χ1n) is 11.4. The number of nitrogens with two attached hydrogens (primary N) is 2. The van der Waals surface area contributed by atoms with Gasteiger partial charge in [-0.15, -0.1) is 0 Å². The van der Waals surface area contributed by atoms with Crippen molar-refractivity contribution in [1.29, 1.82) is 0 Å². The lowest BCUT2D eigenvalue weighted by atomic mass is 9.59. The van der Waals surface area contributed by atoms with Crippen LogP contribution in [0.3, 0.4) is 0 Å². The number of phenolic OH excluding ortho intramolecular Hbond substituents is 1. The van der Waals surface area contributed by atoms with Crippen LogP contribution in [-0.2, 0) is 20.8 Å². The average molecular weight is 488 g/mol. The monoisotopic (exact) mass is 488 g/mol. The molecule has 36 heavy (non-hydrogen) atoms.